The van der Waals surface area contributed by atoms with Gasteiger partial charge in [-0.15, -0.1) is 0 Å². The molecular weight excluding hydrogens is 1350 g/mol. The van der Waals surface area contributed by atoms with Crippen LogP contribution in [0.3, 0.4) is 0 Å². The maximum absolute atomic E-state index is 13.1. The van der Waals surface area contributed by atoms with E-state index in [0.29, 0.717) is 25.7 Å². The minimum atomic E-state index is -4.97. The predicted octanol–water partition coefficient (Wildman–Crippen LogP) is 25.7. The third kappa shape index (κ3) is 78.2. The highest BCUT2D eigenvalue weighted by atomic mass is 31.2. The van der Waals surface area contributed by atoms with Gasteiger partial charge in [-0.1, -0.05) is 395 Å². The lowest BCUT2D eigenvalue weighted by Crippen LogP contribution is -2.30. The lowest BCUT2D eigenvalue weighted by molar-refractivity contribution is -0.161. The minimum absolute atomic E-state index is 0.108. The molecule has 0 radical (unpaired) electrons. The molecule has 0 aromatic rings. The number of esters is 4. The summed E-state index contributed by atoms with van der Waals surface area (Å²) in [4.78, 5) is 73.2. The molecule has 0 aliphatic heterocycles. The number of unbranched alkanes of at least 4 members (excludes halogenated alkanes) is 51. The van der Waals surface area contributed by atoms with E-state index >= 15 is 0 Å². The summed E-state index contributed by atoms with van der Waals surface area (Å²) < 4.78 is 68.9. The molecule has 0 bridgehead atoms. The van der Waals surface area contributed by atoms with Crippen molar-refractivity contribution < 1.29 is 80.2 Å². The molecular formula is C85H166O17P2. The maximum atomic E-state index is 13.1. The SMILES string of the molecule is CCCCCCCCCCCCCCC(=O)OC[C@H](COP(=O)(O)OC[C@H](O)COP(=O)(O)OC[C@@H](COC(=O)CCCCCCCCCCCCCCCCCC(C)C)OC(=O)CCCCCCCCCCCCCCCCCC(C)C)OC(=O)CCCCCCCCCCCCCCCC(C)C. The van der Waals surface area contributed by atoms with Crippen molar-refractivity contribution in [2.75, 3.05) is 39.6 Å². The normalized spacial score (nSPS) is 13.9. The van der Waals surface area contributed by atoms with Gasteiger partial charge in [-0.3, -0.25) is 37.3 Å². The van der Waals surface area contributed by atoms with Crippen LogP contribution in [-0.4, -0.2) is 96.7 Å². The molecule has 0 saturated heterocycles. The first-order valence-electron chi connectivity index (χ1n) is 43.8. The van der Waals surface area contributed by atoms with Gasteiger partial charge in [0.1, 0.15) is 19.3 Å². The first-order chi connectivity index (χ1) is 50.2. The van der Waals surface area contributed by atoms with Crippen LogP contribution < -0.4 is 0 Å². The van der Waals surface area contributed by atoms with Crippen LogP contribution in [0.15, 0.2) is 0 Å². The smallest absolute Gasteiger partial charge is 0.462 e. The first kappa shape index (κ1) is 102. The number of aliphatic hydroxyl groups is 1. The fourth-order valence-corrected chi connectivity index (χ4v) is 14.8. The quantitative estimate of drug-likeness (QED) is 0.0222. The molecule has 5 atom stereocenters. The number of rotatable bonds is 83. The summed E-state index contributed by atoms with van der Waals surface area (Å²) in [7, 11) is -9.93. The highest BCUT2D eigenvalue weighted by molar-refractivity contribution is 7.47. The van der Waals surface area contributed by atoms with Crippen molar-refractivity contribution in [2.45, 2.75) is 465 Å². The zero-order valence-corrected chi connectivity index (χ0v) is 70.3. The van der Waals surface area contributed by atoms with Gasteiger partial charge in [-0.25, -0.2) is 9.13 Å². The Morgan fingerprint density at radius 1 is 0.260 bits per heavy atom. The molecule has 0 aromatic carbocycles. The van der Waals surface area contributed by atoms with E-state index in [2.05, 4.69) is 48.5 Å². The van der Waals surface area contributed by atoms with Crippen molar-refractivity contribution in [3.05, 3.63) is 0 Å². The topological polar surface area (TPSA) is 237 Å². The maximum Gasteiger partial charge on any atom is 0.472 e. The van der Waals surface area contributed by atoms with Crippen molar-refractivity contribution in [2.24, 2.45) is 17.8 Å². The Morgan fingerprint density at radius 3 is 0.654 bits per heavy atom. The Labute approximate surface area is 638 Å². The molecule has 0 spiro atoms. The molecule has 0 amide bonds. The van der Waals surface area contributed by atoms with Gasteiger partial charge < -0.3 is 33.8 Å². The first-order valence-corrected chi connectivity index (χ1v) is 46.8. The summed E-state index contributed by atoms with van der Waals surface area (Å²) >= 11 is 0. The van der Waals surface area contributed by atoms with Gasteiger partial charge in [0, 0.05) is 25.7 Å². The molecule has 0 aliphatic carbocycles. The number of hydrogen-bond acceptors (Lipinski definition) is 15. The molecule has 2 unspecified atom stereocenters. The largest absolute Gasteiger partial charge is 0.472 e. The Morgan fingerprint density at radius 2 is 0.442 bits per heavy atom. The zero-order valence-electron chi connectivity index (χ0n) is 68.5. The number of phosphoric ester groups is 2. The van der Waals surface area contributed by atoms with Gasteiger partial charge in [0.05, 0.1) is 26.4 Å². The van der Waals surface area contributed by atoms with E-state index in [0.717, 1.165) is 108 Å². The van der Waals surface area contributed by atoms with E-state index in [4.69, 9.17) is 37.0 Å². The van der Waals surface area contributed by atoms with Crippen molar-refractivity contribution in [1.82, 2.24) is 0 Å². The Balaban J connectivity index is 5.26. The molecule has 19 heteroatoms. The van der Waals surface area contributed by atoms with Crippen molar-refractivity contribution in [1.29, 1.82) is 0 Å². The average molecular weight is 1520 g/mol. The third-order valence-corrected chi connectivity index (χ3v) is 21.8. The van der Waals surface area contributed by atoms with Crippen molar-refractivity contribution in [3.8, 4) is 0 Å². The summed E-state index contributed by atoms with van der Waals surface area (Å²) in [6.07, 6.45) is 65.1. The van der Waals surface area contributed by atoms with Gasteiger partial charge in [0.25, 0.3) is 0 Å². The number of phosphoric acid groups is 2. The summed E-state index contributed by atoms with van der Waals surface area (Å²) in [6, 6.07) is 0. The van der Waals surface area contributed by atoms with Crippen LogP contribution in [0.1, 0.15) is 447 Å². The Hall–Kier alpha value is -1.94. The summed E-state index contributed by atoms with van der Waals surface area (Å²) in [6.45, 7) is 12.0. The molecule has 0 aliphatic rings. The Kier molecular flexibility index (Phi) is 73.7. The van der Waals surface area contributed by atoms with Crippen LogP contribution in [0, 0.1) is 17.8 Å². The van der Waals surface area contributed by atoms with Gasteiger partial charge >= 0.3 is 39.5 Å². The second kappa shape index (κ2) is 75.1. The summed E-state index contributed by atoms with van der Waals surface area (Å²) in [5.74, 6) is 0.292. The molecule has 3 N–H and O–H groups in total. The van der Waals surface area contributed by atoms with E-state index in [-0.39, 0.29) is 25.7 Å². The average Bonchev–Trinajstić information content (AvgIpc) is 0.913. The number of aliphatic hydroxyl groups excluding tert-OH is 1. The highest BCUT2D eigenvalue weighted by Crippen LogP contribution is 2.45. The molecule has 104 heavy (non-hydrogen) atoms. The van der Waals surface area contributed by atoms with Gasteiger partial charge in [-0.05, 0) is 43.4 Å². The highest BCUT2D eigenvalue weighted by Gasteiger charge is 2.30. The van der Waals surface area contributed by atoms with Gasteiger partial charge in [-0.2, -0.15) is 0 Å². The fraction of sp³-hybridized carbons (Fsp3) is 0.953. The van der Waals surface area contributed by atoms with E-state index in [1.54, 1.807) is 0 Å². The van der Waals surface area contributed by atoms with Crippen molar-refractivity contribution in [3.63, 3.8) is 0 Å². The number of carbonyl (C=O) groups excluding carboxylic acids is 4. The van der Waals surface area contributed by atoms with E-state index < -0.39 is 97.5 Å². The summed E-state index contributed by atoms with van der Waals surface area (Å²) in [5, 5.41) is 10.7. The van der Waals surface area contributed by atoms with E-state index in [1.165, 1.54) is 257 Å². The lowest BCUT2D eigenvalue weighted by Gasteiger charge is -2.21. The second-order valence-electron chi connectivity index (χ2n) is 32.0. The Bertz CT molecular complexity index is 2010. The molecule has 0 rings (SSSR count). The number of carbonyl (C=O) groups is 4. The van der Waals surface area contributed by atoms with Crippen LogP contribution in [0.4, 0.5) is 0 Å². The van der Waals surface area contributed by atoms with Gasteiger partial charge in [0.2, 0.25) is 0 Å². The monoisotopic (exact) mass is 1520 g/mol. The second-order valence-corrected chi connectivity index (χ2v) is 34.9. The van der Waals surface area contributed by atoms with Gasteiger partial charge in [0.15, 0.2) is 12.2 Å². The minimum Gasteiger partial charge on any atom is -0.462 e. The number of ether oxygens (including phenoxy) is 4. The van der Waals surface area contributed by atoms with Crippen LogP contribution in [-0.2, 0) is 65.4 Å². The molecule has 0 fully saturated rings. The molecule has 618 valence electrons. The van der Waals surface area contributed by atoms with Crippen LogP contribution in [0.25, 0.3) is 0 Å². The zero-order chi connectivity index (χ0) is 76.5. The molecule has 17 nitrogen and oxygen atoms in total. The predicted molar refractivity (Wildman–Crippen MR) is 428 cm³/mol. The summed E-state index contributed by atoms with van der Waals surface area (Å²) in [5.41, 5.74) is 0. The van der Waals surface area contributed by atoms with Crippen LogP contribution >= 0.6 is 15.6 Å². The molecule has 0 aromatic heterocycles. The molecule has 0 heterocycles. The van der Waals surface area contributed by atoms with E-state index in [9.17, 15) is 43.2 Å². The third-order valence-electron chi connectivity index (χ3n) is 19.9. The molecule has 0 saturated carbocycles. The van der Waals surface area contributed by atoms with Crippen LogP contribution in [0.5, 0.6) is 0 Å². The fourth-order valence-electron chi connectivity index (χ4n) is 13.2. The number of hydrogen-bond donors (Lipinski definition) is 3. The lowest BCUT2D eigenvalue weighted by atomic mass is 10.0. The van der Waals surface area contributed by atoms with Crippen molar-refractivity contribution >= 4 is 39.5 Å². The van der Waals surface area contributed by atoms with E-state index in [1.807, 2.05) is 0 Å². The standard InChI is InChI=1S/C85H166O17P2/c1-8-9-10-11-12-13-14-31-38-45-52-59-66-82(87)95-72-80(102-85(90)69-62-55-48-41-34-27-21-24-30-37-44-51-58-65-78(6)7)74-99-103(91,92)97-70-79(86)71-98-104(93,94)100-75-81(101-84(89)68-61-54-47-40-33-26-20-16-18-23-29-36-43-50-57-64-77(4)5)73-96-83(88)67-60-53-46-39-32-25-19-15-17-22-28-35-42-49-56-63-76(2)3/h76-81,86H,8-75H2,1-7H3,(H,91,92)(H,93,94)/t79-,80+,81+/m0/s1. The van der Waals surface area contributed by atoms with Crippen LogP contribution in [0.2, 0.25) is 0 Å².